The standard InChI is InChI=1S/C19H18BrNO4.C13H10BrNO.C6H9ClO3/c1-2-25-18(23)11-10-17(22)21-16-9-4-3-8-15(16)19(24)13-6-5-7-14(20)12-13;14-10-5-3-4-9(8-10)13(16)11-6-1-2-7-12(11)15;1-2-10-6(9)4-3-5(7)8/h3-9,12H,2,10-11H2,1H3,(H,21,22);1-8H,15H2;2-4H2,1H3. The fraction of sp³-hybridized carbons (Fsp3) is 0.211. The third-order valence-corrected chi connectivity index (χ3v) is 7.69. The Hall–Kier alpha value is -4.65. The number of amides is 1. The Morgan fingerprint density at radius 1 is 0.627 bits per heavy atom. The molecule has 13 heteroatoms. The van der Waals surface area contributed by atoms with Gasteiger partial charge in [-0.1, -0.05) is 80.4 Å². The second-order valence-electron chi connectivity index (χ2n) is 10.3. The summed E-state index contributed by atoms with van der Waals surface area (Å²) in [4.78, 5) is 68.8. The number of nitrogen functional groups attached to an aromatic ring is 1. The molecule has 0 saturated heterocycles. The van der Waals surface area contributed by atoms with Gasteiger partial charge in [-0.25, -0.2) is 0 Å². The Labute approximate surface area is 318 Å². The number of hydrogen-bond acceptors (Lipinski definition) is 9. The fourth-order valence-corrected chi connectivity index (χ4v) is 5.05. The molecule has 0 aliphatic heterocycles. The summed E-state index contributed by atoms with van der Waals surface area (Å²) in [6.45, 7) is 4.04. The molecular weight excluding hydrogens is 808 g/mol. The van der Waals surface area contributed by atoms with Gasteiger partial charge in [0, 0.05) is 49.7 Å². The molecule has 0 aliphatic carbocycles. The molecule has 0 aliphatic rings. The van der Waals surface area contributed by atoms with Crippen molar-refractivity contribution in [2.24, 2.45) is 0 Å². The topological polar surface area (TPSA) is 159 Å². The molecule has 0 bridgehead atoms. The molecule has 0 saturated carbocycles. The molecule has 268 valence electrons. The molecule has 51 heavy (non-hydrogen) atoms. The van der Waals surface area contributed by atoms with Gasteiger partial charge in [-0.3, -0.25) is 28.8 Å². The van der Waals surface area contributed by atoms with Crippen molar-refractivity contribution in [3.63, 3.8) is 0 Å². The van der Waals surface area contributed by atoms with Crippen LogP contribution in [0.15, 0.2) is 106 Å². The third-order valence-electron chi connectivity index (χ3n) is 6.52. The summed E-state index contributed by atoms with van der Waals surface area (Å²) >= 11 is 11.7. The Kier molecular flexibility index (Phi) is 19.1. The molecule has 0 radical (unpaired) electrons. The molecule has 1 amide bonds. The number of halogens is 3. The van der Waals surface area contributed by atoms with Gasteiger partial charge < -0.3 is 20.5 Å². The number of ether oxygens (including phenoxy) is 2. The Bertz CT molecular complexity index is 1830. The molecule has 4 aromatic carbocycles. The van der Waals surface area contributed by atoms with Crippen LogP contribution in [0.2, 0.25) is 0 Å². The second kappa shape index (κ2) is 22.9. The number of anilines is 2. The van der Waals surface area contributed by atoms with Crippen molar-refractivity contribution < 1.29 is 38.2 Å². The van der Waals surface area contributed by atoms with Gasteiger partial charge in [-0.15, -0.1) is 0 Å². The fourth-order valence-electron chi connectivity index (χ4n) is 4.16. The van der Waals surface area contributed by atoms with Gasteiger partial charge in [-0.2, -0.15) is 0 Å². The van der Waals surface area contributed by atoms with Crippen LogP contribution in [0.25, 0.3) is 0 Å². The molecular formula is C38H37Br2ClN2O8. The van der Waals surface area contributed by atoms with Gasteiger partial charge >= 0.3 is 11.9 Å². The van der Waals surface area contributed by atoms with Crippen LogP contribution < -0.4 is 11.1 Å². The maximum atomic E-state index is 12.7. The lowest BCUT2D eigenvalue weighted by Gasteiger charge is -2.10. The summed E-state index contributed by atoms with van der Waals surface area (Å²) in [5.74, 6) is -1.39. The zero-order chi connectivity index (χ0) is 37.8. The summed E-state index contributed by atoms with van der Waals surface area (Å²) in [5, 5.41) is 2.19. The van der Waals surface area contributed by atoms with E-state index in [0.29, 0.717) is 40.2 Å². The Balaban J connectivity index is 0.000000296. The number of rotatable bonds is 13. The average Bonchev–Trinajstić information content (AvgIpc) is 3.10. The predicted octanol–water partition coefficient (Wildman–Crippen LogP) is 8.32. The van der Waals surface area contributed by atoms with E-state index in [1.807, 2.05) is 30.3 Å². The molecule has 0 unspecified atom stereocenters. The van der Waals surface area contributed by atoms with E-state index in [9.17, 15) is 28.8 Å². The van der Waals surface area contributed by atoms with Crippen LogP contribution in [0.1, 0.15) is 71.4 Å². The van der Waals surface area contributed by atoms with E-state index in [1.54, 1.807) is 80.6 Å². The van der Waals surface area contributed by atoms with Gasteiger partial charge in [-0.05, 0) is 74.0 Å². The quantitative estimate of drug-likeness (QED) is 0.0584. The van der Waals surface area contributed by atoms with Gasteiger partial charge in [0.2, 0.25) is 11.1 Å². The first kappa shape index (κ1) is 42.5. The number of nitrogens with two attached hydrogens (primary N) is 1. The maximum Gasteiger partial charge on any atom is 0.306 e. The van der Waals surface area contributed by atoms with Crippen LogP contribution in [0.5, 0.6) is 0 Å². The van der Waals surface area contributed by atoms with Crippen molar-refractivity contribution in [1.29, 1.82) is 0 Å². The number of para-hydroxylation sites is 2. The third kappa shape index (κ3) is 15.8. The highest BCUT2D eigenvalue weighted by molar-refractivity contribution is 9.10. The van der Waals surface area contributed by atoms with Crippen molar-refractivity contribution in [3.8, 4) is 0 Å². The van der Waals surface area contributed by atoms with E-state index in [0.717, 1.165) is 8.95 Å². The average molecular weight is 845 g/mol. The normalized spacial score (nSPS) is 9.90. The molecule has 0 fully saturated rings. The maximum absolute atomic E-state index is 12.7. The Morgan fingerprint density at radius 3 is 1.59 bits per heavy atom. The van der Waals surface area contributed by atoms with E-state index in [1.165, 1.54) is 0 Å². The van der Waals surface area contributed by atoms with Crippen molar-refractivity contribution in [3.05, 3.63) is 128 Å². The molecule has 3 N–H and O–H groups in total. The van der Waals surface area contributed by atoms with Crippen LogP contribution in [-0.2, 0) is 28.7 Å². The number of esters is 2. The minimum Gasteiger partial charge on any atom is -0.466 e. The van der Waals surface area contributed by atoms with Gasteiger partial charge in [0.05, 0.1) is 31.7 Å². The van der Waals surface area contributed by atoms with Crippen molar-refractivity contribution in [2.75, 3.05) is 24.3 Å². The van der Waals surface area contributed by atoms with Crippen molar-refractivity contribution in [2.45, 2.75) is 39.5 Å². The molecule has 0 heterocycles. The highest BCUT2D eigenvalue weighted by atomic mass is 79.9. The molecule has 10 nitrogen and oxygen atoms in total. The summed E-state index contributed by atoms with van der Waals surface area (Å²) in [6, 6.07) is 28.2. The summed E-state index contributed by atoms with van der Waals surface area (Å²) in [7, 11) is 0. The number of ketones is 2. The number of carbonyl (C=O) groups is 6. The molecule has 0 atom stereocenters. The molecule has 4 aromatic rings. The number of hydrogen-bond donors (Lipinski definition) is 2. The highest BCUT2D eigenvalue weighted by Gasteiger charge is 2.16. The van der Waals surface area contributed by atoms with Crippen molar-refractivity contribution >= 4 is 89.5 Å². The van der Waals surface area contributed by atoms with Crippen LogP contribution in [0.3, 0.4) is 0 Å². The SMILES string of the molecule is CCOC(=O)CCC(=O)Cl.CCOC(=O)CCC(=O)Nc1ccccc1C(=O)c1cccc(Br)c1.Nc1ccccc1C(=O)c1cccc(Br)c1. The lowest BCUT2D eigenvalue weighted by Crippen LogP contribution is -2.16. The van der Waals surface area contributed by atoms with E-state index < -0.39 is 11.2 Å². The largest absolute Gasteiger partial charge is 0.466 e. The molecule has 0 aromatic heterocycles. The first-order chi connectivity index (χ1) is 24.4. The number of carbonyl (C=O) groups excluding carboxylic acids is 6. The summed E-state index contributed by atoms with van der Waals surface area (Å²) in [5.41, 5.74) is 8.77. The van der Waals surface area contributed by atoms with Crippen LogP contribution in [0.4, 0.5) is 11.4 Å². The summed E-state index contributed by atoms with van der Waals surface area (Å²) in [6.07, 6.45) is 0.135. The van der Waals surface area contributed by atoms with Gasteiger partial charge in [0.1, 0.15) is 0 Å². The highest BCUT2D eigenvalue weighted by Crippen LogP contribution is 2.22. The first-order valence-corrected chi connectivity index (χ1v) is 17.7. The number of benzene rings is 4. The van der Waals surface area contributed by atoms with Crippen LogP contribution in [-0.4, -0.2) is 47.9 Å². The Morgan fingerprint density at radius 2 is 1.10 bits per heavy atom. The van der Waals surface area contributed by atoms with E-state index in [4.69, 9.17) is 22.1 Å². The van der Waals surface area contributed by atoms with Crippen molar-refractivity contribution in [1.82, 2.24) is 0 Å². The lowest BCUT2D eigenvalue weighted by atomic mass is 10.0. The smallest absolute Gasteiger partial charge is 0.306 e. The van der Waals surface area contributed by atoms with E-state index in [2.05, 4.69) is 41.9 Å². The van der Waals surface area contributed by atoms with Gasteiger partial charge in [0.25, 0.3) is 0 Å². The van der Waals surface area contributed by atoms with E-state index in [-0.39, 0.29) is 55.7 Å². The van der Waals surface area contributed by atoms with Gasteiger partial charge in [0.15, 0.2) is 11.6 Å². The monoisotopic (exact) mass is 842 g/mol. The molecule has 4 rings (SSSR count). The number of nitrogens with one attached hydrogen (secondary N) is 1. The minimum absolute atomic E-state index is 0.00141. The zero-order valence-corrected chi connectivity index (χ0v) is 31.9. The van der Waals surface area contributed by atoms with Crippen LogP contribution in [0, 0.1) is 0 Å². The predicted molar refractivity (Wildman–Crippen MR) is 204 cm³/mol. The minimum atomic E-state index is -0.506. The summed E-state index contributed by atoms with van der Waals surface area (Å²) < 4.78 is 11.0. The first-order valence-electron chi connectivity index (χ1n) is 15.7. The molecule has 0 spiro atoms. The van der Waals surface area contributed by atoms with Crippen LogP contribution >= 0.6 is 43.5 Å². The van der Waals surface area contributed by atoms with E-state index >= 15 is 0 Å². The lowest BCUT2D eigenvalue weighted by molar-refractivity contribution is -0.144. The zero-order valence-electron chi connectivity index (χ0n) is 28.0. The second-order valence-corrected chi connectivity index (χ2v) is 12.6.